The Morgan fingerprint density at radius 2 is 1.38 bits per heavy atom. The summed E-state index contributed by atoms with van der Waals surface area (Å²) in [7, 11) is 0. The quantitative estimate of drug-likeness (QED) is 0.205. The lowest BCUT2D eigenvalue weighted by Crippen LogP contribution is -2.61. The summed E-state index contributed by atoms with van der Waals surface area (Å²) in [6.45, 7) is 19.8. The summed E-state index contributed by atoms with van der Waals surface area (Å²) in [6.07, 6.45) is 5.52. The molecule has 3 amide bonds. The Labute approximate surface area is 281 Å². The van der Waals surface area contributed by atoms with E-state index < -0.39 is 58.7 Å². The normalized spacial score (nSPS) is 13.9. The lowest BCUT2D eigenvalue weighted by molar-refractivity contribution is -0.159. The van der Waals surface area contributed by atoms with Crippen LogP contribution in [0.2, 0.25) is 0 Å². The van der Waals surface area contributed by atoms with Crippen molar-refractivity contribution in [3.05, 3.63) is 71.3 Å². The van der Waals surface area contributed by atoms with Crippen LogP contribution in [0.1, 0.15) is 105 Å². The number of rotatable bonds is 12. The van der Waals surface area contributed by atoms with Crippen LogP contribution < -0.4 is 10.6 Å². The molecule has 9 heteroatoms. The van der Waals surface area contributed by atoms with Crippen LogP contribution in [0.4, 0.5) is 4.79 Å². The van der Waals surface area contributed by atoms with Gasteiger partial charge in [0.2, 0.25) is 11.8 Å². The van der Waals surface area contributed by atoms with Crippen LogP contribution in [-0.2, 0) is 30.3 Å². The number of carbonyl (C=O) groups is 4. The van der Waals surface area contributed by atoms with Gasteiger partial charge in [-0.3, -0.25) is 9.59 Å². The van der Waals surface area contributed by atoms with E-state index in [1.165, 1.54) is 4.90 Å². The fraction of sp³-hybridized carbons (Fsp3) is 0.526. The lowest BCUT2D eigenvalue weighted by atomic mass is 9.90. The van der Waals surface area contributed by atoms with Gasteiger partial charge in [0.05, 0.1) is 0 Å². The van der Waals surface area contributed by atoms with Crippen molar-refractivity contribution in [3.8, 4) is 12.3 Å². The summed E-state index contributed by atoms with van der Waals surface area (Å²) in [5.41, 5.74) is -0.560. The first-order valence-corrected chi connectivity index (χ1v) is 16.2. The maximum absolute atomic E-state index is 14.7. The number of nitrogens with zero attached hydrogens (tertiary/aromatic N) is 1. The van der Waals surface area contributed by atoms with Gasteiger partial charge >= 0.3 is 12.1 Å². The van der Waals surface area contributed by atoms with Crippen LogP contribution in [0, 0.1) is 18.3 Å². The molecule has 0 bridgehead atoms. The second kappa shape index (κ2) is 16.0. The van der Waals surface area contributed by atoms with Crippen molar-refractivity contribution in [2.24, 2.45) is 5.92 Å². The number of amides is 3. The molecule has 3 atom stereocenters. The van der Waals surface area contributed by atoms with Crippen LogP contribution in [0.5, 0.6) is 0 Å². The second-order valence-electron chi connectivity index (χ2n) is 14.7. The van der Waals surface area contributed by atoms with E-state index in [4.69, 9.17) is 15.9 Å². The SMILES string of the molecule is C#Cc1ccc(C(C(=O)NC(Cc2ccccc2)C(=O)OC(C)(C)C)N(C(=O)C(NC(=O)OC(C)(C)C)C(C)C)C(C)(C)CC)cc1. The van der Waals surface area contributed by atoms with Crippen molar-refractivity contribution in [2.75, 3.05) is 0 Å². The highest BCUT2D eigenvalue weighted by molar-refractivity contribution is 5.94. The molecule has 2 aromatic carbocycles. The Morgan fingerprint density at radius 1 is 0.830 bits per heavy atom. The van der Waals surface area contributed by atoms with E-state index >= 15 is 0 Å². The van der Waals surface area contributed by atoms with Gasteiger partial charge in [-0.05, 0) is 91.0 Å². The zero-order valence-electron chi connectivity index (χ0n) is 29.9. The molecule has 0 spiro atoms. The van der Waals surface area contributed by atoms with Crippen molar-refractivity contribution in [1.29, 1.82) is 0 Å². The Hall–Kier alpha value is -4.32. The molecule has 0 aliphatic heterocycles. The number of esters is 1. The minimum atomic E-state index is -1.20. The number of carbonyl (C=O) groups excluding carboxylic acids is 4. The largest absolute Gasteiger partial charge is 0.458 e. The van der Waals surface area contributed by atoms with Gasteiger partial charge in [-0.15, -0.1) is 6.42 Å². The number of terminal acetylenes is 1. The fourth-order valence-corrected chi connectivity index (χ4v) is 4.89. The minimum absolute atomic E-state index is 0.171. The van der Waals surface area contributed by atoms with Gasteiger partial charge in [0.15, 0.2) is 0 Å². The average Bonchev–Trinajstić information content (AvgIpc) is 2.96. The molecular weight excluding hydrogens is 594 g/mol. The van der Waals surface area contributed by atoms with Gasteiger partial charge in [-0.1, -0.05) is 69.2 Å². The van der Waals surface area contributed by atoms with Crippen molar-refractivity contribution in [3.63, 3.8) is 0 Å². The Balaban J connectivity index is 2.71. The van der Waals surface area contributed by atoms with Crippen molar-refractivity contribution in [1.82, 2.24) is 15.5 Å². The van der Waals surface area contributed by atoms with Crippen molar-refractivity contribution >= 4 is 23.9 Å². The molecule has 0 heterocycles. The summed E-state index contributed by atoms with van der Waals surface area (Å²) < 4.78 is 11.2. The van der Waals surface area contributed by atoms with Crippen LogP contribution in [-0.4, -0.2) is 57.6 Å². The number of benzene rings is 2. The topological polar surface area (TPSA) is 114 Å². The summed E-state index contributed by atoms with van der Waals surface area (Å²) >= 11 is 0. The maximum Gasteiger partial charge on any atom is 0.408 e. The molecule has 0 aliphatic carbocycles. The van der Waals surface area contributed by atoms with E-state index in [0.717, 1.165) is 5.56 Å². The van der Waals surface area contributed by atoms with Gasteiger partial charge in [0, 0.05) is 17.5 Å². The predicted octanol–water partition coefficient (Wildman–Crippen LogP) is 6.34. The van der Waals surface area contributed by atoms with Crippen molar-refractivity contribution in [2.45, 2.75) is 124 Å². The Bertz CT molecular complexity index is 1410. The zero-order valence-corrected chi connectivity index (χ0v) is 29.9. The summed E-state index contributed by atoms with van der Waals surface area (Å²) in [5.74, 6) is 0.564. The first kappa shape index (κ1) is 38.9. The molecule has 0 aromatic heterocycles. The third kappa shape index (κ3) is 11.8. The highest BCUT2D eigenvalue weighted by Crippen LogP contribution is 2.33. The molecule has 0 aliphatic rings. The molecule has 0 saturated heterocycles. The van der Waals surface area contributed by atoms with E-state index in [9.17, 15) is 19.2 Å². The van der Waals surface area contributed by atoms with Crippen LogP contribution in [0.15, 0.2) is 54.6 Å². The average molecular weight is 648 g/mol. The van der Waals surface area contributed by atoms with E-state index in [-0.39, 0.29) is 12.3 Å². The van der Waals surface area contributed by atoms with Crippen molar-refractivity contribution < 1.29 is 28.7 Å². The van der Waals surface area contributed by atoms with Gasteiger partial charge < -0.3 is 25.0 Å². The molecule has 2 rings (SSSR count). The van der Waals surface area contributed by atoms with E-state index in [1.54, 1.807) is 65.8 Å². The summed E-state index contributed by atoms with van der Waals surface area (Å²) in [5, 5.41) is 5.67. The molecule has 9 nitrogen and oxygen atoms in total. The van der Waals surface area contributed by atoms with E-state index in [2.05, 4.69) is 16.6 Å². The molecule has 0 saturated carbocycles. The molecule has 47 heavy (non-hydrogen) atoms. The fourth-order valence-electron chi connectivity index (χ4n) is 4.89. The molecule has 0 fully saturated rings. The van der Waals surface area contributed by atoms with Gasteiger partial charge in [-0.2, -0.15) is 0 Å². The maximum atomic E-state index is 14.7. The first-order chi connectivity index (χ1) is 21.7. The standard InChI is InChI=1S/C38H53N3O6/c1-13-26-20-22-28(23-21-26)31(32(42)39-29(34(44)46-36(5,6)7)24-27-18-16-15-17-19-27)41(38(11,12)14-2)33(43)30(25(3)4)40-35(45)47-37(8,9)10/h1,15-23,25,29-31H,14,24H2,2-12H3,(H,39,42)(H,40,45). The minimum Gasteiger partial charge on any atom is -0.458 e. The Kier molecular flexibility index (Phi) is 13.2. The smallest absolute Gasteiger partial charge is 0.408 e. The van der Waals surface area contributed by atoms with Crippen LogP contribution >= 0.6 is 0 Å². The molecule has 256 valence electrons. The number of alkyl carbamates (subject to hydrolysis) is 1. The van der Waals surface area contributed by atoms with Crippen LogP contribution in [0.25, 0.3) is 0 Å². The summed E-state index contributed by atoms with van der Waals surface area (Å²) in [4.78, 5) is 57.3. The Morgan fingerprint density at radius 3 is 1.85 bits per heavy atom. The molecule has 2 aromatic rings. The van der Waals surface area contributed by atoms with E-state index in [1.807, 2.05) is 65.0 Å². The lowest BCUT2D eigenvalue weighted by Gasteiger charge is -2.45. The molecule has 3 unspecified atom stereocenters. The number of ether oxygens (including phenoxy) is 2. The third-order valence-corrected chi connectivity index (χ3v) is 7.55. The summed E-state index contributed by atoms with van der Waals surface area (Å²) in [6, 6.07) is 12.8. The highest BCUT2D eigenvalue weighted by Gasteiger charge is 2.44. The number of nitrogens with one attached hydrogen (secondary N) is 2. The molecule has 2 N–H and O–H groups in total. The van der Waals surface area contributed by atoms with E-state index in [0.29, 0.717) is 17.5 Å². The monoisotopic (exact) mass is 647 g/mol. The first-order valence-electron chi connectivity index (χ1n) is 16.2. The number of hydrogen-bond donors (Lipinski definition) is 2. The van der Waals surface area contributed by atoms with Gasteiger partial charge in [0.1, 0.15) is 29.3 Å². The van der Waals surface area contributed by atoms with Gasteiger partial charge in [-0.25, -0.2) is 9.59 Å². The van der Waals surface area contributed by atoms with Crippen LogP contribution in [0.3, 0.4) is 0 Å². The molecular formula is C38H53N3O6. The predicted molar refractivity (Wildman–Crippen MR) is 184 cm³/mol. The third-order valence-electron chi connectivity index (χ3n) is 7.55. The zero-order chi connectivity index (χ0) is 35.7. The van der Waals surface area contributed by atoms with Gasteiger partial charge in [0.25, 0.3) is 0 Å². The highest BCUT2D eigenvalue weighted by atomic mass is 16.6. The molecule has 0 radical (unpaired) electrons. The second-order valence-corrected chi connectivity index (χ2v) is 14.7. The number of hydrogen-bond acceptors (Lipinski definition) is 6.